The Balaban J connectivity index is 2.76. The Morgan fingerprint density at radius 1 is 1.92 bits per heavy atom. The SMILES string of the molecule is CNC(=O)Cn1cnnc1C#N. The van der Waals surface area contributed by atoms with Gasteiger partial charge in [-0.3, -0.25) is 9.36 Å². The number of amides is 1. The molecule has 0 aliphatic rings. The van der Waals surface area contributed by atoms with E-state index in [1.54, 1.807) is 0 Å². The topological polar surface area (TPSA) is 83.6 Å². The van der Waals surface area contributed by atoms with Gasteiger partial charge in [0.05, 0.1) is 0 Å². The summed E-state index contributed by atoms with van der Waals surface area (Å²) in [6.07, 6.45) is 1.34. The first-order valence-electron chi connectivity index (χ1n) is 3.26. The molecule has 6 nitrogen and oxygen atoms in total. The maximum Gasteiger partial charge on any atom is 0.239 e. The monoisotopic (exact) mass is 165 g/mol. The van der Waals surface area contributed by atoms with Gasteiger partial charge in [-0.15, -0.1) is 10.2 Å². The highest BCUT2D eigenvalue weighted by Gasteiger charge is 2.05. The number of carbonyl (C=O) groups is 1. The number of rotatable bonds is 2. The fraction of sp³-hybridized carbons (Fsp3) is 0.333. The highest BCUT2D eigenvalue weighted by Crippen LogP contribution is 1.91. The van der Waals surface area contributed by atoms with Crippen LogP contribution in [0.1, 0.15) is 5.82 Å². The van der Waals surface area contributed by atoms with Crippen molar-refractivity contribution < 1.29 is 4.79 Å². The predicted octanol–water partition coefficient (Wildman–Crippen LogP) is -1.10. The van der Waals surface area contributed by atoms with Gasteiger partial charge in [0.25, 0.3) is 0 Å². The lowest BCUT2D eigenvalue weighted by molar-refractivity contribution is -0.121. The van der Waals surface area contributed by atoms with Gasteiger partial charge in [-0.1, -0.05) is 0 Å². The molecule has 0 fully saturated rings. The second-order valence-corrected chi connectivity index (χ2v) is 2.07. The normalized spacial score (nSPS) is 9.00. The molecule has 0 saturated heterocycles. The summed E-state index contributed by atoms with van der Waals surface area (Å²) in [5.74, 6) is -0.0510. The van der Waals surface area contributed by atoms with Crippen molar-refractivity contribution in [1.29, 1.82) is 5.26 Å². The average Bonchev–Trinajstić information content (AvgIpc) is 2.51. The van der Waals surface area contributed by atoms with E-state index in [0.29, 0.717) is 0 Å². The van der Waals surface area contributed by atoms with Crippen LogP contribution < -0.4 is 5.32 Å². The lowest BCUT2D eigenvalue weighted by atomic mass is 10.5. The van der Waals surface area contributed by atoms with Crippen LogP contribution in [0.25, 0.3) is 0 Å². The first kappa shape index (κ1) is 8.20. The molecule has 1 rings (SSSR count). The third-order valence-corrected chi connectivity index (χ3v) is 1.31. The molecule has 0 atom stereocenters. The van der Waals surface area contributed by atoms with Gasteiger partial charge in [0.15, 0.2) is 0 Å². The van der Waals surface area contributed by atoms with Crippen molar-refractivity contribution in [3.63, 3.8) is 0 Å². The van der Waals surface area contributed by atoms with Crippen LogP contribution in [0.15, 0.2) is 6.33 Å². The first-order chi connectivity index (χ1) is 5.77. The Bertz CT molecular complexity index is 323. The molecule has 0 spiro atoms. The Labute approximate surface area is 68.8 Å². The maximum atomic E-state index is 10.9. The van der Waals surface area contributed by atoms with Crippen LogP contribution in [0.2, 0.25) is 0 Å². The molecule has 1 amide bonds. The number of likely N-dealkylation sites (N-methyl/N-ethyl adjacent to an activating group) is 1. The van der Waals surface area contributed by atoms with E-state index in [0.717, 1.165) is 0 Å². The molecule has 1 heterocycles. The van der Waals surface area contributed by atoms with Crippen molar-refractivity contribution >= 4 is 5.91 Å². The van der Waals surface area contributed by atoms with Crippen molar-refractivity contribution in [1.82, 2.24) is 20.1 Å². The van der Waals surface area contributed by atoms with Crippen molar-refractivity contribution in [2.45, 2.75) is 6.54 Å². The zero-order valence-electron chi connectivity index (χ0n) is 6.48. The van der Waals surface area contributed by atoms with E-state index in [1.807, 2.05) is 6.07 Å². The number of nitrogens with zero attached hydrogens (tertiary/aromatic N) is 4. The van der Waals surface area contributed by atoms with Gasteiger partial charge in [-0.05, 0) is 0 Å². The molecule has 1 aromatic rings. The highest BCUT2D eigenvalue weighted by atomic mass is 16.1. The number of hydrogen-bond acceptors (Lipinski definition) is 4. The molecule has 6 heteroatoms. The molecule has 0 aliphatic heterocycles. The Morgan fingerprint density at radius 3 is 3.25 bits per heavy atom. The number of nitriles is 1. The molecular weight excluding hydrogens is 158 g/mol. The Hall–Kier alpha value is -1.90. The van der Waals surface area contributed by atoms with Gasteiger partial charge < -0.3 is 5.32 Å². The summed E-state index contributed by atoms with van der Waals surface area (Å²) < 4.78 is 1.37. The van der Waals surface area contributed by atoms with E-state index in [4.69, 9.17) is 5.26 Å². The standard InChI is InChI=1S/C6H7N5O/c1-8-6(12)3-11-4-9-10-5(11)2-7/h4H,3H2,1H3,(H,8,12). The van der Waals surface area contributed by atoms with Crippen LogP contribution in [0.3, 0.4) is 0 Å². The predicted molar refractivity (Wildman–Crippen MR) is 38.8 cm³/mol. The van der Waals surface area contributed by atoms with Gasteiger partial charge in [0.2, 0.25) is 11.7 Å². The molecule has 0 saturated carbocycles. The molecule has 0 aliphatic carbocycles. The quantitative estimate of drug-likeness (QED) is 0.602. The summed E-state index contributed by atoms with van der Waals surface area (Å²) in [5.41, 5.74) is 0. The van der Waals surface area contributed by atoms with Crippen molar-refractivity contribution in [3.05, 3.63) is 12.2 Å². The van der Waals surface area contributed by atoms with E-state index in [1.165, 1.54) is 17.9 Å². The van der Waals surface area contributed by atoms with E-state index < -0.39 is 0 Å². The fourth-order valence-electron chi connectivity index (χ4n) is 0.691. The van der Waals surface area contributed by atoms with Crippen LogP contribution >= 0.6 is 0 Å². The molecule has 0 bridgehead atoms. The lowest BCUT2D eigenvalue weighted by Crippen LogP contribution is -2.23. The van der Waals surface area contributed by atoms with Gasteiger partial charge in [0.1, 0.15) is 18.9 Å². The largest absolute Gasteiger partial charge is 0.358 e. The van der Waals surface area contributed by atoms with Crippen LogP contribution in [0.5, 0.6) is 0 Å². The van der Waals surface area contributed by atoms with Crippen LogP contribution in [-0.2, 0) is 11.3 Å². The highest BCUT2D eigenvalue weighted by molar-refractivity contribution is 5.75. The number of hydrogen-bond donors (Lipinski definition) is 1. The lowest BCUT2D eigenvalue weighted by Gasteiger charge is -1.99. The van der Waals surface area contributed by atoms with Crippen LogP contribution in [0.4, 0.5) is 0 Å². The summed E-state index contributed by atoms with van der Waals surface area (Å²) in [7, 11) is 1.53. The number of nitrogens with one attached hydrogen (secondary N) is 1. The molecule has 12 heavy (non-hydrogen) atoms. The minimum absolute atomic E-state index is 0.0758. The second kappa shape index (κ2) is 3.48. The molecule has 1 N–H and O–H groups in total. The second-order valence-electron chi connectivity index (χ2n) is 2.07. The summed E-state index contributed by atoms with van der Waals surface area (Å²) in [5, 5.41) is 17.9. The minimum atomic E-state index is -0.189. The van der Waals surface area contributed by atoms with E-state index in [-0.39, 0.29) is 18.3 Å². The van der Waals surface area contributed by atoms with Crippen LogP contribution in [0, 0.1) is 11.3 Å². The van der Waals surface area contributed by atoms with Gasteiger partial charge in [0, 0.05) is 7.05 Å². The Kier molecular flexibility index (Phi) is 2.38. The van der Waals surface area contributed by atoms with Crippen molar-refractivity contribution in [2.24, 2.45) is 0 Å². The molecule has 1 aromatic heterocycles. The molecular formula is C6H7N5O. The zero-order chi connectivity index (χ0) is 8.97. The molecule has 0 aromatic carbocycles. The smallest absolute Gasteiger partial charge is 0.239 e. The average molecular weight is 165 g/mol. The fourth-order valence-corrected chi connectivity index (χ4v) is 0.691. The van der Waals surface area contributed by atoms with Gasteiger partial charge in [-0.25, -0.2) is 0 Å². The minimum Gasteiger partial charge on any atom is -0.358 e. The zero-order valence-corrected chi connectivity index (χ0v) is 6.48. The van der Waals surface area contributed by atoms with Crippen molar-refractivity contribution in [3.8, 4) is 6.07 Å². The number of carbonyl (C=O) groups excluding carboxylic acids is 1. The molecule has 0 unspecified atom stereocenters. The summed E-state index contributed by atoms with van der Waals surface area (Å²) in [4.78, 5) is 10.9. The van der Waals surface area contributed by atoms with Gasteiger partial charge in [-0.2, -0.15) is 5.26 Å². The molecule has 62 valence electrons. The summed E-state index contributed by atoms with van der Waals surface area (Å²) in [6.45, 7) is 0.0758. The maximum absolute atomic E-state index is 10.9. The van der Waals surface area contributed by atoms with E-state index in [9.17, 15) is 4.79 Å². The van der Waals surface area contributed by atoms with E-state index in [2.05, 4.69) is 15.5 Å². The summed E-state index contributed by atoms with van der Waals surface area (Å²) >= 11 is 0. The van der Waals surface area contributed by atoms with Crippen molar-refractivity contribution in [2.75, 3.05) is 7.05 Å². The molecule has 0 radical (unpaired) electrons. The Morgan fingerprint density at radius 2 is 2.67 bits per heavy atom. The third kappa shape index (κ3) is 1.58. The van der Waals surface area contributed by atoms with Gasteiger partial charge >= 0.3 is 0 Å². The summed E-state index contributed by atoms with van der Waals surface area (Å²) in [6, 6.07) is 1.81. The first-order valence-corrected chi connectivity index (χ1v) is 3.26. The number of aromatic nitrogens is 3. The van der Waals surface area contributed by atoms with E-state index >= 15 is 0 Å². The van der Waals surface area contributed by atoms with Crippen LogP contribution in [-0.4, -0.2) is 27.7 Å². The third-order valence-electron chi connectivity index (χ3n) is 1.31.